The molecule has 0 saturated carbocycles. The second-order valence-electron chi connectivity index (χ2n) is 3.81. The van der Waals surface area contributed by atoms with Crippen molar-refractivity contribution >= 4 is 16.8 Å². The number of fused-ring (bicyclic) bond motifs is 1. The molecule has 0 N–H and O–H groups in total. The zero-order chi connectivity index (χ0) is 12.5. The van der Waals surface area contributed by atoms with Gasteiger partial charge in [0.25, 0.3) is 5.69 Å². The Labute approximate surface area is 102 Å². The zero-order valence-electron chi connectivity index (χ0n) is 9.24. The second-order valence-corrected chi connectivity index (χ2v) is 3.81. The number of oxazole rings is 1. The number of nitro groups is 1. The number of aromatic nitrogens is 1. The van der Waals surface area contributed by atoms with Gasteiger partial charge in [0.05, 0.1) is 10.5 Å². The summed E-state index contributed by atoms with van der Waals surface area (Å²) in [5.74, 6) is 0. The van der Waals surface area contributed by atoms with Gasteiger partial charge in [-0.25, -0.2) is 4.98 Å². The quantitative estimate of drug-likeness (QED) is 0.508. The van der Waals surface area contributed by atoms with Crippen LogP contribution in [0.15, 0.2) is 53.3 Å². The smallest absolute Gasteiger partial charge is 0.277 e. The van der Waals surface area contributed by atoms with Crippen LogP contribution >= 0.6 is 0 Å². The summed E-state index contributed by atoms with van der Waals surface area (Å²) in [7, 11) is 0. The third-order valence-electron chi connectivity index (χ3n) is 2.74. The molecular weight excluding hydrogens is 232 g/mol. The van der Waals surface area contributed by atoms with Crippen LogP contribution < -0.4 is 0 Å². The Kier molecular flexibility index (Phi) is 2.30. The Morgan fingerprint density at radius 2 is 2.00 bits per heavy atom. The highest BCUT2D eigenvalue weighted by atomic mass is 16.6. The van der Waals surface area contributed by atoms with Crippen molar-refractivity contribution in [2.45, 2.75) is 0 Å². The fourth-order valence-corrected chi connectivity index (χ4v) is 1.90. The van der Waals surface area contributed by atoms with Crippen molar-refractivity contribution in [3.8, 4) is 11.1 Å². The van der Waals surface area contributed by atoms with E-state index in [9.17, 15) is 10.1 Å². The van der Waals surface area contributed by atoms with E-state index in [-0.39, 0.29) is 10.6 Å². The highest BCUT2D eigenvalue weighted by molar-refractivity contribution is 5.83. The van der Waals surface area contributed by atoms with E-state index in [1.165, 1.54) is 12.5 Å². The van der Waals surface area contributed by atoms with Gasteiger partial charge < -0.3 is 4.42 Å². The maximum Gasteiger partial charge on any atom is 0.277 e. The van der Waals surface area contributed by atoms with Crippen molar-refractivity contribution in [3.05, 3.63) is 59.0 Å². The lowest BCUT2D eigenvalue weighted by molar-refractivity contribution is -0.384. The minimum absolute atomic E-state index is 0.0837. The maximum absolute atomic E-state index is 11.0. The summed E-state index contributed by atoms with van der Waals surface area (Å²) >= 11 is 0. The van der Waals surface area contributed by atoms with Gasteiger partial charge in [-0.2, -0.15) is 0 Å². The first-order valence-corrected chi connectivity index (χ1v) is 5.33. The molecule has 2 aromatic carbocycles. The van der Waals surface area contributed by atoms with E-state index in [0.29, 0.717) is 16.7 Å². The summed E-state index contributed by atoms with van der Waals surface area (Å²) in [6.45, 7) is 0. The molecule has 0 atom stereocenters. The average Bonchev–Trinajstić information content (AvgIpc) is 2.85. The van der Waals surface area contributed by atoms with E-state index < -0.39 is 0 Å². The molecule has 0 amide bonds. The largest absolute Gasteiger partial charge is 0.443 e. The molecule has 1 heterocycles. The van der Waals surface area contributed by atoms with E-state index >= 15 is 0 Å². The SMILES string of the molecule is O=[N+]([O-])c1ccccc1-c1ccc2ocnc2c1. The molecule has 0 aliphatic rings. The van der Waals surface area contributed by atoms with Crippen LogP contribution in [0, 0.1) is 10.1 Å². The fourth-order valence-electron chi connectivity index (χ4n) is 1.90. The van der Waals surface area contributed by atoms with Crippen molar-refractivity contribution in [1.82, 2.24) is 4.98 Å². The van der Waals surface area contributed by atoms with Crippen molar-refractivity contribution in [2.75, 3.05) is 0 Å². The maximum atomic E-state index is 11.0. The highest BCUT2D eigenvalue weighted by Crippen LogP contribution is 2.31. The van der Waals surface area contributed by atoms with Crippen molar-refractivity contribution < 1.29 is 9.34 Å². The van der Waals surface area contributed by atoms with E-state index in [1.54, 1.807) is 36.4 Å². The van der Waals surface area contributed by atoms with Gasteiger partial charge in [0.15, 0.2) is 12.0 Å². The van der Waals surface area contributed by atoms with E-state index in [0.717, 1.165) is 5.56 Å². The molecule has 0 bridgehead atoms. The number of rotatable bonds is 2. The van der Waals surface area contributed by atoms with Gasteiger partial charge >= 0.3 is 0 Å². The minimum atomic E-state index is -0.387. The van der Waals surface area contributed by atoms with Gasteiger partial charge in [0.2, 0.25) is 0 Å². The van der Waals surface area contributed by atoms with Crippen LogP contribution in [0.25, 0.3) is 22.2 Å². The second kappa shape index (κ2) is 3.96. The molecule has 0 spiro atoms. The predicted molar refractivity (Wildman–Crippen MR) is 66.1 cm³/mol. The van der Waals surface area contributed by atoms with Crippen molar-refractivity contribution in [3.63, 3.8) is 0 Å². The fraction of sp³-hybridized carbons (Fsp3) is 0. The predicted octanol–water partition coefficient (Wildman–Crippen LogP) is 3.40. The summed E-state index contributed by atoms with van der Waals surface area (Å²) in [5, 5.41) is 11.0. The Morgan fingerprint density at radius 1 is 1.17 bits per heavy atom. The highest BCUT2D eigenvalue weighted by Gasteiger charge is 2.14. The molecule has 0 unspecified atom stereocenters. The standard InChI is InChI=1S/C13H8N2O3/c16-15(17)12-4-2-1-3-10(12)9-5-6-13-11(7-9)14-8-18-13/h1-8H. The van der Waals surface area contributed by atoms with Crippen LogP contribution in [0.3, 0.4) is 0 Å². The summed E-state index contributed by atoms with van der Waals surface area (Å²) in [6.07, 6.45) is 1.36. The lowest BCUT2D eigenvalue weighted by Gasteiger charge is -2.02. The molecule has 88 valence electrons. The first-order chi connectivity index (χ1) is 8.75. The number of nitrogens with zero attached hydrogens (tertiary/aromatic N) is 2. The lowest BCUT2D eigenvalue weighted by atomic mass is 10.0. The van der Waals surface area contributed by atoms with Gasteiger partial charge in [-0.05, 0) is 23.8 Å². The monoisotopic (exact) mass is 240 g/mol. The van der Waals surface area contributed by atoms with Crippen LogP contribution in [-0.4, -0.2) is 9.91 Å². The molecule has 5 nitrogen and oxygen atoms in total. The molecule has 18 heavy (non-hydrogen) atoms. The van der Waals surface area contributed by atoms with E-state index in [1.807, 2.05) is 0 Å². The minimum Gasteiger partial charge on any atom is -0.443 e. The molecule has 0 saturated heterocycles. The van der Waals surface area contributed by atoms with E-state index in [4.69, 9.17) is 4.42 Å². The summed E-state index contributed by atoms with van der Waals surface area (Å²) in [6, 6.07) is 12.0. The molecule has 1 aromatic heterocycles. The van der Waals surface area contributed by atoms with Crippen molar-refractivity contribution in [2.24, 2.45) is 0 Å². The van der Waals surface area contributed by atoms with E-state index in [2.05, 4.69) is 4.98 Å². The number of benzene rings is 2. The Balaban J connectivity index is 2.22. The van der Waals surface area contributed by atoms with Crippen molar-refractivity contribution in [1.29, 1.82) is 0 Å². The molecule has 0 radical (unpaired) electrons. The number of para-hydroxylation sites is 1. The summed E-state index contributed by atoms with van der Waals surface area (Å²) in [4.78, 5) is 14.6. The van der Waals surface area contributed by atoms with Gasteiger partial charge in [-0.3, -0.25) is 10.1 Å². The number of hydrogen-bond acceptors (Lipinski definition) is 4. The van der Waals surface area contributed by atoms with Crippen LogP contribution in [0.4, 0.5) is 5.69 Å². The van der Waals surface area contributed by atoms with Crippen LogP contribution in [0.5, 0.6) is 0 Å². The third-order valence-corrected chi connectivity index (χ3v) is 2.74. The third kappa shape index (κ3) is 1.62. The van der Waals surface area contributed by atoms with Gasteiger partial charge in [-0.1, -0.05) is 18.2 Å². The normalized spacial score (nSPS) is 10.7. The molecule has 0 fully saturated rings. The van der Waals surface area contributed by atoms with Gasteiger partial charge in [0.1, 0.15) is 5.52 Å². The molecule has 0 aliphatic heterocycles. The molecule has 0 aliphatic carbocycles. The molecule has 3 aromatic rings. The van der Waals surface area contributed by atoms with Crippen LogP contribution in [0.1, 0.15) is 0 Å². The summed E-state index contributed by atoms with van der Waals surface area (Å²) < 4.78 is 5.14. The average molecular weight is 240 g/mol. The summed E-state index contributed by atoms with van der Waals surface area (Å²) in [5.41, 5.74) is 2.76. The molecule has 5 heteroatoms. The molecule has 3 rings (SSSR count). The number of nitro benzene ring substituents is 1. The first-order valence-electron chi connectivity index (χ1n) is 5.33. The Bertz CT molecular complexity index is 734. The number of hydrogen-bond donors (Lipinski definition) is 0. The van der Waals surface area contributed by atoms with Crippen LogP contribution in [-0.2, 0) is 0 Å². The Hall–Kier alpha value is -2.69. The van der Waals surface area contributed by atoms with Crippen LogP contribution in [0.2, 0.25) is 0 Å². The Morgan fingerprint density at radius 3 is 2.83 bits per heavy atom. The van der Waals surface area contributed by atoms with Gasteiger partial charge in [0, 0.05) is 6.07 Å². The lowest BCUT2D eigenvalue weighted by Crippen LogP contribution is -1.91. The zero-order valence-corrected chi connectivity index (χ0v) is 9.24. The van der Waals surface area contributed by atoms with Gasteiger partial charge in [-0.15, -0.1) is 0 Å². The molecular formula is C13H8N2O3. The topological polar surface area (TPSA) is 69.2 Å². The first kappa shape index (κ1) is 10.5.